The van der Waals surface area contributed by atoms with Gasteiger partial charge in [-0.15, -0.1) is 0 Å². The average Bonchev–Trinajstić information content (AvgIpc) is 3.13. The summed E-state index contributed by atoms with van der Waals surface area (Å²) in [4.78, 5) is 4.93. The van der Waals surface area contributed by atoms with Crippen molar-refractivity contribution in [2.45, 2.75) is 12.6 Å². The van der Waals surface area contributed by atoms with E-state index in [1.165, 1.54) is 17.7 Å². The molecule has 2 aliphatic heterocycles. The fraction of sp³-hybridized carbons (Fsp3) is 0.429. The second kappa shape index (κ2) is 7.18. The topological polar surface area (TPSA) is 15.7 Å². The van der Waals surface area contributed by atoms with E-state index in [0.29, 0.717) is 22.9 Å². The summed E-state index contributed by atoms with van der Waals surface area (Å²) in [6.45, 7) is 3.99. The van der Waals surface area contributed by atoms with Crippen LogP contribution in [0.3, 0.4) is 0 Å². The molecule has 0 aromatic heterocycles. The van der Waals surface area contributed by atoms with E-state index in [-0.39, 0.29) is 5.82 Å². The lowest BCUT2D eigenvalue weighted by Crippen LogP contribution is -2.29. The second-order valence-electron chi connectivity index (χ2n) is 7.51. The molecule has 2 saturated heterocycles. The molecule has 2 aromatic carbocycles. The van der Waals surface area contributed by atoms with Gasteiger partial charge in [0.1, 0.15) is 11.6 Å². The Balaban J connectivity index is 1.49. The highest BCUT2D eigenvalue weighted by Gasteiger charge is 2.45. The van der Waals surface area contributed by atoms with Gasteiger partial charge in [0.25, 0.3) is 0 Å². The molecule has 0 N–H and O–H groups in total. The van der Waals surface area contributed by atoms with Crippen LogP contribution in [-0.2, 0) is 6.54 Å². The molecule has 0 bridgehead atoms. The largest absolute Gasteiger partial charge is 0.497 e. The summed E-state index contributed by atoms with van der Waals surface area (Å²) < 4.78 is 18.6. The van der Waals surface area contributed by atoms with Crippen LogP contribution in [0.15, 0.2) is 42.5 Å². The minimum Gasteiger partial charge on any atom is -0.497 e. The SMILES string of the molecule is COc1ccc([C@H]2[C@@H]3CN(Cc4ccc(F)cc4Cl)C[C@@H]3CN2C)cc1. The minimum atomic E-state index is -0.279. The van der Waals surface area contributed by atoms with Gasteiger partial charge in [0.2, 0.25) is 0 Å². The molecule has 0 unspecified atom stereocenters. The van der Waals surface area contributed by atoms with Gasteiger partial charge in [0.05, 0.1) is 7.11 Å². The predicted octanol–water partition coefficient (Wildman–Crippen LogP) is 4.22. The molecular weight excluding hydrogens is 351 g/mol. The summed E-state index contributed by atoms with van der Waals surface area (Å²) in [5, 5.41) is 0.519. The van der Waals surface area contributed by atoms with Crippen molar-refractivity contribution in [3.8, 4) is 5.75 Å². The van der Waals surface area contributed by atoms with E-state index in [1.807, 2.05) is 12.1 Å². The third-order valence-corrected chi connectivity index (χ3v) is 6.19. The Morgan fingerprint density at radius 1 is 1.12 bits per heavy atom. The number of halogens is 2. The number of nitrogens with zero attached hydrogens (tertiary/aromatic N) is 2. The lowest BCUT2D eigenvalue weighted by molar-refractivity contribution is 0.224. The number of methoxy groups -OCH3 is 1. The Bertz CT molecular complexity index is 782. The normalized spacial score (nSPS) is 26.2. The number of hydrogen-bond donors (Lipinski definition) is 0. The molecule has 0 spiro atoms. The minimum absolute atomic E-state index is 0.279. The standard InChI is InChI=1S/C21H24ClFN2O/c1-24-10-16-12-25(11-15-3-6-17(23)9-20(15)22)13-19(16)21(24)14-4-7-18(26-2)8-5-14/h3-9,16,19,21H,10-13H2,1-2H3/t16-,19+,21-/m0/s1. The molecule has 26 heavy (non-hydrogen) atoms. The molecule has 2 aromatic rings. The summed E-state index contributed by atoms with van der Waals surface area (Å²) in [7, 11) is 3.91. The molecule has 2 aliphatic rings. The molecule has 2 fully saturated rings. The fourth-order valence-electron chi connectivity index (χ4n) is 4.67. The van der Waals surface area contributed by atoms with Crippen LogP contribution in [0.4, 0.5) is 4.39 Å². The Kier molecular flexibility index (Phi) is 4.91. The second-order valence-corrected chi connectivity index (χ2v) is 7.92. The maximum Gasteiger partial charge on any atom is 0.124 e. The third-order valence-electron chi connectivity index (χ3n) is 5.84. The summed E-state index contributed by atoms with van der Waals surface area (Å²) in [6, 6.07) is 13.6. The van der Waals surface area contributed by atoms with E-state index in [0.717, 1.165) is 37.5 Å². The van der Waals surface area contributed by atoms with Gasteiger partial charge >= 0.3 is 0 Å². The lowest BCUT2D eigenvalue weighted by atomic mass is 9.89. The lowest BCUT2D eigenvalue weighted by Gasteiger charge is -2.27. The first-order valence-electron chi connectivity index (χ1n) is 9.05. The summed E-state index contributed by atoms with van der Waals surface area (Å²) in [5.74, 6) is 1.88. The van der Waals surface area contributed by atoms with Gasteiger partial charge in [-0.25, -0.2) is 4.39 Å². The molecule has 5 heteroatoms. The number of fused-ring (bicyclic) bond motifs is 1. The van der Waals surface area contributed by atoms with E-state index in [1.54, 1.807) is 13.2 Å². The highest BCUT2D eigenvalue weighted by atomic mass is 35.5. The molecule has 0 amide bonds. The van der Waals surface area contributed by atoms with Gasteiger partial charge in [0.15, 0.2) is 0 Å². The highest BCUT2D eigenvalue weighted by molar-refractivity contribution is 6.31. The van der Waals surface area contributed by atoms with Crippen LogP contribution in [-0.4, -0.2) is 43.6 Å². The van der Waals surface area contributed by atoms with Crippen molar-refractivity contribution in [2.24, 2.45) is 11.8 Å². The number of ether oxygens (including phenoxy) is 1. The molecule has 0 radical (unpaired) electrons. The predicted molar refractivity (Wildman–Crippen MR) is 102 cm³/mol. The zero-order valence-corrected chi connectivity index (χ0v) is 15.9. The Hall–Kier alpha value is -1.62. The van der Waals surface area contributed by atoms with Crippen LogP contribution >= 0.6 is 11.6 Å². The van der Waals surface area contributed by atoms with Crippen molar-refractivity contribution in [1.29, 1.82) is 0 Å². The van der Waals surface area contributed by atoms with Crippen molar-refractivity contribution < 1.29 is 9.13 Å². The first-order valence-corrected chi connectivity index (χ1v) is 9.43. The van der Waals surface area contributed by atoms with Crippen LogP contribution in [0, 0.1) is 17.7 Å². The van der Waals surface area contributed by atoms with Gasteiger partial charge in [-0.05, 0) is 54.3 Å². The van der Waals surface area contributed by atoms with Crippen molar-refractivity contribution in [1.82, 2.24) is 9.80 Å². The van der Waals surface area contributed by atoms with E-state index in [9.17, 15) is 4.39 Å². The van der Waals surface area contributed by atoms with Gasteiger partial charge in [-0.3, -0.25) is 9.80 Å². The average molecular weight is 375 g/mol. The number of hydrogen-bond acceptors (Lipinski definition) is 3. The highest BCUT2D eigenvalue weighted by Crippen LogP contribution is 2.44. The molecule has 0 saturated carbocycles. The van der Waals surface area contributed by atoms with E-state index in [2.05, 4.69) is 29.0 Å². The smallest absolute Gasteiger partial charge is 0.124 e. The van der Waals surface area contributed by atoms with Crippen molar-refractivity contribution >= 4 is 11.6 Å². The third kappa shape index (κ3) is 3.34. The van der Waals surface area contributed by atoms with Gasteiger partial charge < -0.3 is 4.74 Å². The van der Waals surface area contributed by atoms with Crippen molar-refractivity contribution in [3.63, 3.8) is 0 Å². The summed E-state index contributed by atoms with van der Waals surface area (Å²) in [5.41, 5.74) is 2.35. The summed E-state index contributed by atoms with van der Waals surface area (Å²) >= 11 is 6.22. The van der Waals surface area contributed by atoms with Gasteiger partial charge in [0, 0.05) is 37.2 Å². The summed E-state index contributed by atoms with van der Waals surface area (Å²) in [6.07, 6.45) is 0. The monoisotopic (exact) mass is 374 g/mol. The first kappa shape index (κ1) is 17.8. The molecule has 3 atom stereocenters. The van der Waals surface area contributed by atoms with Crippen LogP contribution in [0.1, 0.15) is 17.2 Å². The van der Waals surface area contributed by atoms with Gasteiger partial charge in [-0.1, -0.05) is 29.8 Å². The van der Waals surface area contributed by atoms with E-state index in [4.69, 9.17) is 16.3 Å². The van der Waals surface area contributed by atoms with Crippen LogP contribution in [0.5, 0.6) is 5.75 Å². The van der Waals surface area contributed by atoms with Crippen LogP contribution in [0.25, 0.3) is 0 Å². The number of rotatable bonds is 4. The quantitative estimate of drug-likeness (QED) is 0.796. The van der Waals surface area contributed by atoms with Gasteiger partial charge in [-0.2, -0.15) is 0 Å². The first-order chi connectivity index (χ1) is 12.5. The van der Waals surface area contributed by atoms with Crippen molar-refractivity contribution in [3.05, 3.63) is 64.4 Å². The molecule has 3 nitrogen and oxygen atoms in total. The molecule has 138 valence electrons. The van der Waals surface area contributed by atoms with Crippen LogP contribution in [0.2, 0.25) is 5.02 Å². The number of likely N-dealkylation sites (tertiary alicyclic amines) is 2. The van der Waals surface area contributed by atoms with E-state index < -0.39 is 0 Å². The number of benzene rings is 2. The molecule has 2 heterocycles. The molecule has 0 aliphatic carbocycles. The Morgan fingerprint density at radius 3 is 2.58 bits per heavy atom. The fourth-order valence-corrected chi connectivity index (χ4v) is 4.90. The van der Waals surface area contributed by atoms with E-state index >= 15 is 0 Å². The Labute approximate surface area is 159 Å². The maximum atomic E-state index is 13.3. The van der Waals surface area contributed by atoms with Crippen molar-refractivity contribution in [2.75, 3.05) is 33.8 Å². The maximum absolute atomic E-state index is 13.3. The van der Waals surface area contributed by atoms with Crippen LogP contribution < -0.4 is 4.74 Å². The Morgan fingerprint density at radius 2 is 1.88 bits per heavy atom. The zero-order chi connectivity index (χ0) is 18.3. The zero-order valence-electron chi connectivity index (χ0n) is 15.2. The molecule has 4 rings (SSSR count). The molecular formula is C21H24ClFN2O.